The van der Waals surface area contributed by atoms with Gasteiger partial charge in [-0.25, -0.2) is 25.4 Å². The van der Waals surface area contributed by atoms with E-state index in [0.717, 1.165) is 25.2 Å². The van der Waals surface area contributed by atoms with Crippen LogP contribution in [0.25, 0.3) is 0 Å². The average molecular weight is 351 g/mol. The lowest BCUT2D eigenvalue weighted by atomic mass is 9.87. The largest absolute Gasteiger partial charge is 0.214 e. The van der Waals surface area contributed by atoms with Gasteiger partial charge in [-0.2, -0.15) is 0 Å². The van der Waals surface area contributed by atoms with Gasteiger partial charge in [-0.1, -0.05) is 0 Å². The second-order valence-corrected chi connectivity index (χ2v) is 11.3. The van der Waals surface area contributed by atoms with Crippen molar-refractivity contribution in [1.82, 2.24) is 8.61 Å². The number of hydrogen-bond donors (Lipinski definition) is 0. The van der Waals surface area contributed by atoms with Crippen LogP contribution in [-0.2, 0) is 20.0 Å². The monoisotopic (exact) mass is 350 g/mol. The van der Waals surface area contributed by atoms with Gasteiger partial charge < -0.3 is 0 Å². The minimum absolute atomic E-state index is 0.00627. The van der Waals surface area contributed by atoms with Crippen LogP contribution < -0.4 is 0 Å². The number of sulfonamides is 2. The third-order valence-electron chi connectivity index (χ3n) is 5.65. The van der Waals surface area contributed by atoms with Crippen LogP contribution in [0.3, 0.4) is 0 Å². The van der Waals surface area contributed by atoms with Crippen molar-refractivity contribution in [3.8, 4) is 0 Å². The Morgan fingerprint density at radius 3 is 2.09 bits per heavy atom. The van der Waals surface area contributed by atoms with Gasteiger partial charge in [-0.15, -0.1) is 0 Å². The summed E-state index contributed by atoms with van der Waals surface area (Å²) in [5.74, 6) is 0.995. The SMILES string of the molecule is CS(=O)(=O)N1CCCN(S(=O)(=O)CC23CCC(CC2)C3)CC1. The van der Waals surface area contributed by atoms with Gasteiger partial charge in [0, 0.05) is 26.2 Å². The van der Waals surface area contributed by atoms with Gasteiger partial charge in [-0.3, -0.25) is 0 Å². The molecule has 0 aromatic rings. The molecule has 6 nitrogen and oxygen atoms in total. The summed E-state index contributed by atoms with van der Waals surface area (Å²) in [6.45, 7) is 1.41. The van der Waals surface area contributed by atoms with Crippen molar-refractivity contribution >= 4 is 20.0 Å². The second kappa shape index (κ2) is 5.72. The van der Waals surface area contributed by atoms with Crippen molar-refractivity contribution in [3.05, 3.63) is 0 Å². The van der Waals surface area contributed by atoms with E-state index in [1.165, 1.54) is 27.7 Å². The number of hydrogen-bond acceptors (Lipinski definition) is 4. The van der Waals surface area contributed by atoms with Crippen LogP contribution in [0.1, 0.15) is 38.5 Å². The zero-order valence-electron chi connectivity index (χ0n) is 13.2. The van der Waals surface area contributed by atoms with Gasteiger partial charge >= 0.3 is 0 Å². The standard InChI is InChI=1S/C14H26N2O4S2/c1-21(17,18)15-7-2-8-16(10-9-15)22(19,20)12-14-5-3-13(11-14)4-6-14/h13H,2-12H2,1H3. The van der Waals surface area contributed by atoms with Gasteiger partial charge in [0.15, 0.2) is 0 Å². The highest BCUT2D eigenvalue weighted by Crippen LogP contribution is 2.54. The van der Waals surface area contributed by atoms with Gasteiger partial charge in [0.2, 0.25) is 20.0 Å². The normalized spacial score (nSPS) is 34.9. The summed E-state index contributed by atoms with van der Waals surface area (Å²) in [6.07, 6.45) is 7.26. The lowest BCUT2D eigenvalue weighted by Crippen LogP contribution is -2.41. The highest BCUT2D eigenvalue weighted by molar-refractivity contribution is 7.89. The summed E-state index contributed by atoms with van der Waals surface area (Å²) in [4.78, 5) is 0. The predicted octanol–water partition coefficient (Wildman–Crippen LogP) is 0.864. The Balaban J connectivity index is 1.68. The maximum atomic E-state index is 12.8. The van der Waals surface area contributed by atoms with Gasteiger partial charge in [0.1, 0.15) is 0 Å². The molecule has 1 aliphatic heterocycles. The fourth-order valence-electron chi connectivity index (χ4n) is 4.47. The van der Waals surface area contributed by atoms with Crippen LogP contribution in [-0.4, -0.2) is 63.6 Å². The maximum Gasteiger partial charge on any atom is 0.214 e. The molecule has 3 rings (SSSR count). The molecule has 1 heterocycles. The molecular weight excluding hydrogens is 324 g/mol. The summed E-state index contributed by atoms with van der Waals surface area (Å²) in [5, 5.41) is 0. The Bertz CT molecular complexity index is 621. The van der Waals surface area contributed by atoms with E-state index in [1.807, 2.05) is 0 Å². The fraction of sp³-hybridized carbons (Fsp3) is 1.00. The molecule has 3 aliphatic rings. The first kappa shape index (κ1) is 16.7. The minimum atomic E-state index is -3.29. The minimum Gasteiger partial charge on any atom is -0.213 e. The zero-order valence-corrected chi connectivity index (χ0v) is 14.8. The van der Waals surface area contributed by atoms with Crippen LogP contribution in [0.15, 0.2) is 0 Å². The molecule has 2 aliphatic carbocycles. The van der Waals surface area contributed by atoms with Crippen molar-refractivity contribution in [2.24, 2.45) is 11.3 Å². The Hall–Kier alpha value is -0.180. The molecule has 22 heavy (non-hydrogen) atoms. The summed E-state index contributed by atoms with van der Waals surface area (Å²) in [5.41, 5.74) is 0.00627. The third-order valence-corrected chi connectivity index (χ3v) is 9.08. The fourth-order valence-corrected chi connectivity index (χ4v) is 7.48. The average Bonchev–Trinajstić information content (AvgIpc) is 2.86. The Kier molecular flexibility index (Phi) is 4.33. The maximum absolute atomic E-state index is 12.8. The highest BCUT2D eigenvalue weighted by atomic mass is 32.2. The molecule has 0 amide bonds. The third kappa shape index (κ3) is 3.34. The summed E-state index contributed by atoms with van der Waals surface area (Å²) in [6, 6.07) is 0. The van der Waals surface area contributed by atoms with Crippen LogP contribution in [0.4, 0.5) is 0 Å². The highest BCUT2D eigenvalue weighted by Gasteiger charge is 2.48. The van der Waals surface area contributed by atoms with Crippen molar-refractivity contribution in [2.45, 2.75) is 38.5 Å². The van der Waals surface area contributed by atoms with Gasteiger partial charge in [0.05, 0.1) is 12.0 Å². The predicted molar refractivity (Wildman–Crippen MR) is 85.4 cm³/mol. The number of nitrogens with zero attached hydrogens (tertiary/aromatic N) is 2. The van der Waals surface area contributed by atoms with E-state index in [1.54, 1.807) is 0 Å². The Morgan fingerprint density at radius 2 is 1.55 bits per heavy atom. The molecule has 0 atom stereocenters. The summed E-state index contributed by atoms with van der Waals surface area (Å²) >= 11 is 0. The van der Waals surface area contributed by atoms with Crippen molar-refractivity contribution in [2.75, 3.05) is 38.2 Å². The smallest absolute Gasteiger partial charge is 0.213 e. The molecule has 1 saturated heterocycles. The first-order chi connectivity index (χ1) is 10.2. The molecule has 8 heteroatoms. The molecule has 128 valence electrons. The van der Waals surface area contributed by atoms with E-state index in [0.29, 0.717) is 19.5 Å². The van der Waals surface area contributed by atoms with E-state index >= 15 is 0 Å². The Morgan fingerprint density at radius 1 is 0.955 bits per heavy atom. The van der Waals surface area contributed by atoms with Crippen LogP contribution >= 0.6 is 0 Å². The lowest BCUT2D eigenvalue weighted by molar-refractivity contribution is 0.322. The summed E-state index contributed by atoms with van der Waals surface area (Å²) in [7, 11) is -6.53. The van der Waals surface area contributed by atoms with E-state index in [2.05, 4.69) is 0 Å². The van der Waals surface area contributed by atoms with Crippen LogP contribution in [0, 0.1) is 11.3 Å². The molecule has 2 saturated carbocycles. The molecule has 3 fully saturated rings. The second-order valence-electron chi connectivity index (χ2n) is 7.32. The molecule has 0 aromatic carbocycles. The molecule has 0 radical (unpaired) electrons. The molecule has 0 N–H and O–H groups in total. The van der Waals surface area contributed by atoms with Gasteiger partial charge in [-0.05, 0) is 49.9 Å². The first-order valence-electron chi connectivity index (χ1n) is 8.13. The van der Waals surface area contributed by atoms with E-state index in [4.69, 9.17) is 0 Å². The van der Waals surface area contributed by atoms with E-state index in [9.17, 15) is 16.8 Å². The van der Waals surface area contributed by atoms with E-state index in [-0.39, 0.29) is 24.3 Å². The molecule has 0 unspecified atom stereocenters. The van der Waals surface area contributed by atoms with E-state index < -0.39 is 20.0 Å². The molecule has 0 spiro atoms. The quantitative estimate of drug-likeness (QED) is 0.754. The van der Waals surface area contributed by atoms with Crippen LogP contribution in [0.5, 0.6) is 0 Å². The number of fused-ring (bicyclic) bond motifs is 2. The van der Waals surface area contributed by atoms with Crippen LogP contribution in [0.2, 0.25) is 0 Å². The summed E-state index contributed by atoms with van der Waals surface area (Å²) < 4.78 is 51.8. The molecular formula is C14H26N2O4S2. The topological polar surface area (TPSA) is 74.8 Å². The molecule has 2 bridgehead atoms. The number of rotatable bonds is 4. The zero-order chi connectivity index (χ0) is 16.0. The Labute approximate surface area is 134 Å². The van der Waals surface area contributed by atoms with Crippen molar-refractivity contribution in [1.29, 1.82) is 0 Å². The van der Waals surface area contributed by atoms with Gasteiger partial charge in [0.25, 0.3) is 0 Å². The lowest BCUT2D eigenvalue weighted by Gasteiger charge is -2.30. The molecule has 0 aromatic heterocycles. The first-order valence-corrected chi connectivity index (χ1v) is 11.6. The van der Waals surface area contributed by atoms with Crippen molar-refractivity contribution < 1.29 is 16.8 Å². The van der Waals surface area contributed by atoms with Crippen molar-refractivity contribution in [3.63, 3.8) is 0 Å².